The molecule has 3 aromatic rings. The van der Waals surface area contributed by atoms with Gasteiger partial charge in [0.1, 0.15) is 12.2 Å². The zero-order valence-corrected chi connectivity index (χ0v) is 18.3. The van der Waals surface area contributed by atoms with Gasteiger partial charge in [-0.2, -0.15) is 0 Å². The molecule has 0 saturated carbocycles. The Hall–Kier alpha value is -1.95. The van der Waals surface area contributed by atoms with E-state index in [1.54, 1.807) is 0 Å². The summed E-state index contributed by atoms with van der Waals surface area (Å²) in [5.74, 6) is 0. The Kier molecular flexibility index (Phi) is 6.80. The molecular weight excluding hydrogens is 378 g/mol. The van der Waals surface area contributed by atoms with Crippen LogP contribution < -0.4 is 4.31 Å². The van der Waals surface area contributed by atoms with E-state index in [9.17, 15) is 0 Å². The monoisotopic (exact) mass is 409 g/mol. The van der Waals surface area contributed by atoms with Gasteiger partial charge in [0.2, 0.25) is 0 Å². The highest BCUT2D eigenvalue weighted by Crippen LogP contribution is 2.26. The summed E-state index contributed by atoms with van der Waals surface area (Å²) >= 11 is 1.40. The number of rotatable bonds is 8. The van der Waals surface area contributed by atoms with Crippen molar-refractivity contribution in [1.82, 2.24) is 9.88 Å². The number of nitrogens with zero attached hydrogens (tertiary/aromatic N) is 2. The van der Waals surface area contributed by atoms with E-state index in [2.05, 4.69) is 53.5 Å². The average molecular weight is 410 g/mol. The number of fused-ring (bicyclic) bond motifs is 1. The molecule has 0 spiro atoms. The van der Waals surface area contributed by atoms with E-state index < -0.39 is 0 Å². The minimum absolute atomic E-state index is 0.666. The maximum atomic E-state index is 5.84. The molecule has 0 bridgehead atoms. The maximum Gasteiger partial charge on any atom is 0.114 e. The molecule has 5 heteroatoms. The highest BCUT2D eigenvalue weighted by atomic mass is 32.2. The van der Waals surface area contributed by atoms with Crippen LogP contribution in [0.1, 0.15) is 30.4 Å². The summed E-state index contributed by atoms with van der Waals surface area (Å²) in [6, 6.07) is 17.7. The third-order valence-electron chi connectivity index (χ3n) is 5.97. The Morgan fingerprint density at radius 1 is 1.17 bits per heavy atom. The van der Waals surface area contributed by atoms with Crippen LogP contribution in [0.3, 0.4) is 0 Å². The minimum atomic E-state index is 0.666. The van der Waals surface area contributed by atoms with Gasteiger partial charge in [-0.25, -0.2) is 0 Å². The number of likely N-dealkylation sites (tertiary alicyclic amines) is 1. The number of likely N-dealkylation sites (N-methyl/N-ethyl adjacent to an activating group) is 1. The van der Waals surface area contributed by atoms with Crippen molar-refractivity contribution < 1.29 is 4.18 Å². The predicted octanol–water partition coefficient (Wildman–Crippen LogP) is 5.45. The predicted molar refractivity (Wildman–Crippen MR) is 124 cm³/mol. The maximum absolute atomic E-state index is 5.84. The second-order valence-corrected chi connectivity index (χ2v) is 8.94. The summed E-state index contributed by atoms with van der Waals surface area (Å²) in [7, 11) is 4.30. The van der Waals surface area contributed by atoms with Gasteiger partial charge in [0, 0.05) is 35.9 Å². The fourth-order valence-corrected chi connectivity index (χ4v) is 4.69. The molecule has 2 aromatic carbocycles. The van der Waals surface area contributed by atoms with Crippen LogP contribution >= 0.6 is 12.2 Å². The van der Waals surface area contributed by atoms with Crippen LogP contribution in [0.5, 0.6) is 0 Å². The molecule has 2 heterocycles. The molecule has 4 rings (SSSR count). The molecule has 1 saturated heterocycles. The van der Waals surface area contributed by atoms with Crippen molar-refractivity contribution in [2.45, 2.75) is 38.1 Å². The number of piperidine rings is 1. The zero-order chi connectivity index (χ0) is 20.1. The number of H-pyrrole nitrogens is 1. The van der Waals surface area contributed by atoms with Crippen LogP contribution in [0.15, 0.2) is 54.7 Å². The molecule has 1 atom stereocenters. The summed E-state index contributed by atoms with van der Waals surface area (Å²) < 4.78 is 7.89. The summed E-state index contributed by atoms with van der Waals surface area (Å²) in [5, 5.41) is 1.37. The number of anilines is 1. The second-order valence-electron chi connectivity index (χ2n) is 8.01. The van der Waals surface area contributed by atoms with E-state index >= 15 is 0 Å². The fourth-order valence-electron chi connectivity index (χ4n) is 4.16. The Morgan fingerprint density at radius 3 is 2.86 bits per heavy atom. The standard InChI is InChI=1S/C24H31N3OS/c1-26-14-7-6-10-22(26)17-20-18-25-24-12-11-19(16-23(20)24)13-15-28-29-27(2)21-8-4-3-5-9-21/h3-5,8-9,11-12,16,18,22,25H,6-7,10,13-15,17H2,1-2H3. The van der Waals surface area contributed by atoms with E-state index in [0.29, 0.717) is 12.6 Å². The number of benzene rings is 2. The highest BCUT2D eigenvalue weighted by molar-refractivity contribution is 7.96. The third kappa shape index (κ3) is 5.16. The molecule has 1 unspecified atom stereocenters. The van der Waals surface area contributed by atoms with Crippen molar-refractivity contribution in [1.29, 1.82) is 0 Å². The van der Waals surface area contributed by atoms with Gasteiger partial charge in [0.05, 0.1) is 6.61 Å². The van der Waals surface area contributed by atoms with Crippen LogP contribution in [-0.2, 0) is 17.0 Å². The summed E-state index contributed by atoms with van der Waals surface area (Å²) in [4.78, 5) is 5.99. The van der Waals surface area contributed by atoms with Gasteiger partial charge >= 0.3 is 0 Å². The molecule has 0 amide bonds. The first kappa shape index (κ1) is 20.3. The zero-order valence-electron chi connectivity index (χ0n) is 17.4. The molecule has 1 fully saturated rings. The van der Waals surface area contributed by atoms with Crippen molar-refractivity contribution in [2.75, 3.05) is 31.6 Å². The van der Waals surface area contributed by atoms with Gasteiger partial charge in [-0.1, -0.05) is 30.7 Å². The Balaban J connectivity index is 1.33. The Morgan fingerprint density at radius 2 is 2.03 bits per heavy atom. The van der Waals surface area contributed by atoms with Crippen LogP contribution in [0.2, 0.25) is 0 Å². The number of aromatic amines is 1. The number of nitrogens with one attached hydrogen (secondary N) is 1. The molecule has 1 aromatic heterocycles. The molecule has 0 radical (unpaired) electrons. The molecular formula is C24H31N3OS. The van der Waals surface area contributed by atoms with Crippen molar-refractivity contribution in [3.8, 4) is 0 Å². The topological polar surface area (TPSA) is 31.5 Å². The van der Waals surface area contributed by atoms with Gasteiger partial charge < -0.3 is 9.88 Å². The van der Waals surface area contributed by atoms with Crippen LogP contribution in [0.4, 0.5) is 5.69 Å². The lowest BCUT2D eigenvalue weighted by Crippen LogP contribution is -2.37. The molecule has 154 valence electrons. The second kappa shape index (κ2) is 9.70. The van der Waals surface area contributed by atoms with Gasteiger partial charge in [0.15, 0.2) is 0 Å². The molecule has 29 heavy (non-hydrogen) atoms. The molecule has 4 nitrogen and oxygen atoms in total. The van der Waals surface area contributed by atoms with Crippen molar-refractivity contribution in [3.63, 3.8) is 0 Å². The quantitative estimate of drug-likeness (QED) is 0.304. The van der Waals surface area contributed by atoms with Crippen molar-refractivity contribution >= 4 is 28.8 Å². The SMILES string of the molecule is CN(SOCCc1ccc2[nH]cc(CC3CCCCN3C)c2c1)c1ccccc1. The van der Waals surface area contributed by atoms with E-state index in [0.717, 1.165) is 18.5 Å². The largest absolute Gasteiger partial charge is 0.361 e. The number of aromatic nitrogens is 1. The minimum Gasteiger partial charge on any atom is -0.361 e. The molecule has 1 aliphatic heterocycles. The first-order chi connectivity index (χ1) is 14.2. The Labute approximate surface area is 178 Å². The van der Waals surface area contributed by atoms with Gasteiger partial charge in [0.25, 0.3) is 0 Å². The first-order valence-electron chi connectivity index (χ1n) is 10.6. The summed E-state index contributed by atoms with van der Waals surface area (Å²) in [6.07, 6.45) is 8.26. The smallest absolute Gasteiger partial charge is 0.114 e. The lowest BCUT2D eigenvalue weighted by Gasteiger charge is -2.32. The number of hydrogen-bond donors (Lipinski definition) is 1. The number of para-hydroxylation sites is 1. The normalized spacial score (nSPS) is 17.7. The molecule has 1 N–H and O–H groups in total. The fraction of sp³-hybridized carbons (Fsp3) is 0.417. The van der Waals surface area contributed by atoms with Gasteiger partial charge in [-0.05, 0) is 74.7 Å². The lowest BCUT2D eigenvalue weighted by molar-refractivity contribution is 0.185. The highest BCUT2D eigenvalue weighted by Gasteiger charge is 2.20. The van der Waals surface area contributed by atoms with E-state index in [1.165, 1.54) is 60.1 Å². The average Bonchev–Trinajstić information content (AvgIpc) is 3.15. The number of hydrogen-bond acceptors (Lipinski definition) is 4. The van der Waals surface area contributed by atoms with Gasteiger partial charge in [-0.15, -0.1) is 0 Å². The first-order valence-corrected chi connectivity index (χ1v) is 11.3. The molecule has 1 aliphatic rings. The van der Waals surface area contributed by atoms with E-state index in [4.69, 9.17) is 4.18 Å². The molecule has 0 aliphatic carbocycles. The third-order valence-corrected chi connectivity index (χ3v) is 6.67. The van der Waals surface area contributed by atoms with Crippen molar-refractivity contribution in [3.05, 3.63) is 65.9 Å². The van der Waals surface area contributed by atoms with Gasteiger partial charge in [-0.3, -0.25) is 8.49 Å². The lowest BCUT2D eigenvalue weighted by atomic mass is 9.95. The van der Waals surface area contributed by atoms with E-state index in [1.807, 2.05) is 29.6 Å². The Bertz CT molecular complexity index is 911. The van der Waals surface area contributed by atoms with E-state index in [-0.39, 0.29) is 0 Å². The van der Waals surface area contributed by atoms with Crippen LogP contribution in [-0.4, -0.2) is 43.2 Å². The van der Waals surface area contributed by atoms with Crippen molar-refractivity contribution in [2.24, 2.45) is 0 Å². The van der Waals surface area contributed by atoms with Crippen LogP contribution in [0, 0.1) is 0 Å². The summed E-state index contributed by atoms with van der Waals surface area (Å²) in [5.41, 5.74) is 5.16. The van der Waals surface area contributed by atoms with Crippen LogP contribution in [0.25, 0.3) is 10.9 Å². The summed E-state index contributed by atoms with van der Waals surface area (Å²) in [6.45, 7) is 1.92.